The minimum absolute atomic E-state index is 0.408. The van der Waals surface area contributed by atoms with Crippen LogP contribution in [0.5, 0.6) is 0 Å². The molecule has 2 aliphatic rings. The molecule has 2 rings (SSSR count). The van der Waals surface area contributed by atoms with Crippen molar-refractivity contribution in [1.82, 2.24) is 10.2 Å². The zero-order valence-electron chi connectivity index (χ0n) is 11.7. The van der Waals surface area contributed by atoms with Crippen LogP contribution in [0.25, 0.3) is 0 Å². The summed E-state index contributed by atoms with van der Waals surface area (Å²) in [6.45, 7) is 8.70. The maximum Gasteiger partial charge on any atom is 0.310 e. The minimum atomic E-state index is -0.691. The fraction of sp³-hybridized carbons (Fsp3) is 0.929. The summed E-state index contributed by atoms with van der Waals surface area (Å²) in [5.41, 5.74) is -0.230. The Morgan fingerprint density at radius 3 is 2.72 bits per heavy atom. The summed E-state index contributed by atoms with van der Waals surface area (Å²) >= 11 is 0. The number of rotatable bonds is 3. The summed E-state index contributed by atoms with van der Waals surface area (Å²) in [4.78, 5) is 13.6. The van der Waals surface area contributed by atoms with E-state index in [1.165, 1.54) is 25.7 Å². The molecule has 0 bridgehead atoms. The van der Waals surface area contributed by atoms with Crippen molar-refractivity contribution in [2.45, 2.75) is 39.5 Å². The highest BCUT2D eigenvalue weighted by Gasteiger charge is 2.39. The molecule has 0 saturated carbocycles. The van der Waals surface area contributed by atoms with Crippen molar-refractivity contribution in [3.8, 4) is 0 Å². The summed E-state index contributed by atoms with van der Waals surface area (Å²) in [7, 11) is 0. The fourth-order valence-corrected chi connectivity index (χ4v) is 3.45. The largest absolute Gasteiger partial charge is 0.481 e. The molecule has 0 aromatic rings. The molecule has 2 fully saturated rings. The first-order valence-corrected chi connectivity index (χ1v) is 7.10. The van der Waals surface area contributed by atoms with Crippen molar-refractivity contribution in [3.05, 3.63) is 0 Å². The van der Waals surface area contributed by atoms with Crippen LogP contribution in [0.2, 0.25) is 0 Å². The number of carboxylic acid groups (broad SMARTS) is 1. The quantitative estimate of drug-likeness (QED) is 0.802. The fourth-order valence-electron chi connectivity index (χ4n) is 3.45. The van der Waals surface area contributed by atoms with E-state index in [4.69, 9.17) is 0 Å². The topological polar surface area (TPSA) is 52.6 Å². The molecule has 0 aromatic heterocycles. The average Bonchev–Trinajstić information content (AvgIpc) is 2.29. The molecule has 1 atom stereocenters. The molecule has 4 heteroatoms. The molecule has 0 amide bonds. The van der Waals surface area contributed by atoms with Gasteiger partial charge in [-0.1, -0.05) is 0 Å². The average molecular weight is 254 g/mol. The van der Waals surface area contributed by atoms with E-state index in [0.717, 1.165) is 26.2 Å². The van der Waals surface area contributed by atoms with Gasteiger partial charge in [-0.15, -0.1) is 0 Å². The van der Waals surface area contributed by atoms with Gasteiger partial charge in [-0.3, -0.25) is 4.79 Å². The van der Waals surface area contributed by atoms with Crippen LogP contribution in [-0.2, 0) is 4.79 Å². The Kier molecular flexibility index (Phi) is 3.97. The summed E-state index contributed by atoms with van der Waals surface area (Å²) < 4.78 is 0. The molecule has 1 spiro atoms. The van der Waals surface area contributed by atoms with E-state index < -0.39 is 11.4 Å². The third-order valence-corrected chi connectivity index (χ3v) is 4.50. The SMILES string of the molecule is CC(C)(CN1CCCC2(CCCNC2)C1)C(=O)O. The van der Waals surface area contributed by atoms with Crippen LogP contribution in [0.4, 0.5) is 0 Å². The summed E-state index contributed by atoms with van der Waals surface area (Å²) in [6, 6.07) is 0. The van der Waals surface area contributed by atoms with E-state index in [9.17, 15) is 9.90 Å². The van der Waals surface area contributed by atoms with Gasteiger partial charge in [0.05, 0.1) is 5.41 Å². The molecule has 4 nitrogen and oxygen atoms in total. The lowest BCUT2D eigenvalue weighted by molar-refractivity contribution is -0.148. The van der Waals surface area contributed by atoms with Crippen molar-refractivity contribution in [2.24, 2.45) is 10.8 Å². The number of nitrogens with one attached hydrogen (secondary N) is 1. The monoisotopic (exact) mass is 254 g/mol. The molecule has 2 aliphatic heterocycles. The number of piperidine rings is 2. The van der Waals surface area contributed by atoms with Crippen molar-refractivity contribution in [1.29, 1.82) is 0 Å². The van der Waals surface area contributed by atoms with Crippen LogP contribution in [0, 0.1) is 10.8 Å². The molecule has 2 N–H and O–H groups in total. The molecular formula is C14H26N2O2. The maximum atomic E-state index is 11.2. The van der Waals surface area contributed by atoms with Crippen molar-refractivity contribution >= 4 is 5.97 Å². The third-order valence-electron chi connectivity index (χ3n) is 4.50. The lowest BCUT2D eigenvalue weighted by Gasteiger charge is -2.46. The Morgan fingerprint density at radius 2 is 2.11 bits per heavy atom. The molecular weight excluding hydrogens is 228 g/mol. The lowest BCUT2D eigenvalue weighted by Crippen LogP contribution is -2.53. The number of hydrogen-bond donors (Lipinski definition) is 2. The van der Waals surface area contributed by atoms with Crippen molar-refractivity contribution in [2.75, 3.05) is 32.7 Å². The second-order valence-electron chi connectivity index (χ2n) is 6.78. The molecule has 0 radical (unpaired) electrons. The predicted molar refractivity (Wildman–Crippen MR) is 71.6 cm³/mol. The highest BCUT2D eigenvalue weighted by Crippen LogP contribution is 2.36. The third kappa shape index (κ3) is 3.04. The second-order valence-corrected chi connectivity index (χ2v) is 6.78. The van der Waals surface area contributed by atoms with Crippen LogP contribution in [-0.4, -0.2) is 48.7 Å². The Labute approximate surface area is 110 Å². The molecule has 0 aromatic carbocycles. The zero-order valence-corrected chi connectivity index (χ0v) is 11.7. The van der Waals surface area contributed by atoms with Gasteiger partial charge in [-0.2, -0.15) is 0 Å². The van der Waals surface area contributed by atoms with E-state index >= 15 is 0 Å². The van der Waals surface area contributed by atoms with Gasteiger partial charge in [-0.05, 0) is 58.0 Å². The number of hydrogen-bond acceptors (Lipinski definition) is 3. The van der Waals surface area contributed by atoms with E-state index in [0.29, 0.717) is 12.0 Å². The lowest BCUT2D eigenvalue weighted by atomic mass is 9.74. The van der Waals surface area contributed by atoms with Crippen molar-refractivity contribution < 1.29 is 9.90 Å². The van der Waals surface area contributed by atoms with E-state index in [1.54, 1.807) is 0 Å². The molecule has 104 valence electrons. The normalized spacial score (nSPS) is 30.6. The van der Waals surface area contributed by atoms with E-state index in [1.807, 2.05) is 13.8 Å². The van der Waals surface area contributed by atoms with Crippen LogP contribution in [0.1, 0.15) is 39.5 Å². The molecule has 18 heavy (non-hydrogen) atoms. The smallest absolute Gasteiger partial charge is 0.310 e. The predicted octanol–water partition coefficient (Wildman–Crippen LogP) is 1.56. The Bertz CT molecular complexity index is 303. The van der Waals surface area contributed by atoms with E-state index in [-0.39, 0.29) is 0 Å². The van der Waals surface area contributed by atoms with E-state index in [2.05, 4.69) is 10.2 Å². The highest BCUT2D eigenvalue weighted by atomic mass is 16.4. The second kappa shape index (κ2) is 5.17. The van der Waals surface area contributed by atoms with Gasteiger partial charge in [-0.25, -0.2) is 0 Å². The van der Waals surface area contributed by atoms with Gasteiger partial charge in [0.1, 0.15) is 0 Å². The summed E-state index contributed by atoms with van der Waals surface area (Å²) in [5.74, 6) is -0.691. The standard InChI is InChI=1S/C14H26N2O2/c1-13(2,12(17)18)10-16-8-4-6-14(11-16)5-3-7-15-9-14/h15H,3-11H2,1-2H3,(H,17,18). The van der Waals surface area contributed by atoms with Gasteiger partial charge < -0.3 is 15.3 Å². The maximum absolute atomic E-state index is 11.2. The summed E-state index contributed by atoms with van der Waals surface area (Å²) in [6.07, 6.45) is 5.06. The molecule has 1 unspecified atom stereocenters. The van der Waals surface area contributed by atoms with Crippen LogP contribution in [0.3, 0.4) is 0 Å². The van der Waals surface area contributed by atoms with Crippen LogP contribution >= 0.6 is 0 Å². The first-order valence-electron chi connectivity index (χ1n) is 7.10. The highest BCUT2D eigenvalue weighted by molar-refractivity contribution is 5.73. The van der Waals surface area contributed by atoms with Gasteiger partial charge in [0.15, 0.2) is 0 Å². The molecule has 0 aliphatic carbocycles. The number of nitrogens with zero attached hydrogens (tertiary/aromatic N) is 1. The van der Waals surface area contributed by atoms with Gasteiger partial charge in [0.25, 0.3) is 0 Å². The number of carbonyl (C=O) groups is 1. The first kappa shape index (κ1) is 13.8. The summed E-state index contributed by atoms with van der Waals surface area (Å²) in [5, 5.41) is 12.7. The minimum Gasteiger partial charge on any atom is -0.481 e. The zero-order chi connectivity index (χ0) is 13.2. The molecule has 2 heterocycles. The Hall–Kier alpha value is -0.610. The number of aliphatic carboxylic acids is 1. The van der Waals surface area contributed by atoms with Gasteiger partial charge >= 0.3 is 5.97 Å². The Balaban J connectivity index is 1.96. The number of carboxylic acids is 1. The number of likely N-dealkylation sites (tertiary alicyclic amines) is 1. The van der Waals surface area contributed by atoms with Gasteiger partial charge in [0.2, 0.25) is 0 Å². The van der Waals surface area contributed by atoms with Crippen LogP contribution < -0.4 is 5.32 Å². The van der Waals surface area contributed by atoms with Crippen LogP contribution in [0.15, 0.2) is 0 Å². The van der Waals surface area contributed by atoms with Gasteiger partial charge in [0, 0.05) is 19.6 Å². The first-order chi connectivity index (χ1) is 8.44. The van der Waals surface area contributed by atoms with Crippen molar-refractivity contribution in [3.63, 3.8) is 0 Å². The Morgan fingerprint density at radius 1 is 1.39 bits per heavy atom. The molecule has 2 saturated heterocycles.